The second-order valence-electron chi connectivity index (χ2n) is 8.33. The van der Waals surface area contributed by atoms with E-state index in [1.165, 1.54) is 5.56 Å². The van der Waals surface area contributed by atoms with Gasteiger partial charge in [-0.25, -0.2) is 9.59 Å². The number of ether oxygens (including phenoxy) is 2. The fourth-order valence-electron chi connectivity index (χ4n) is 3.54. The Morgan fingerprint density at radius 2 is 1.74 bits per heavy atom. The molecule has 1 aromatic heterocycles. The predicted octanol–water partition coefficient (Wildman–Crippen LogP) is 3.18. The van der Waals surface area contributed by atoms with E-state index in [1.807, 2.05) is 0 Å². The highest BCUT2D eigenvalue weighted by molar-refractivity contribution is 7.07. The predicted molar refractivity (Wildman–Crippen MR) is 113 cm³/mol. The molecule has 2 aliphatic rings. The van der Waals surface area contributed by atoms with Crippen molar-refractivity contribution in [2.45, 2.75) is 30.9 Å². The molecule has 2 unspecified atom stereocenters. The number of hydrogen-bond acceptors (Lipinski definition) is 7. The van der Waals surface area contributed by atoms with E-state index in [4.69, 9.17) is 29.3 Å². The van der Waals surface area contributed by atoms with Crippen molar-refractivity contribution in [2.75, 3.05) is 53.6 Å². The number of hydrogen-bond donors (Lipinski definition) is 2. The Hall–Kier alpha value is -1.94. The summed E-state index contributed by atoms with van der Waals surface area (Å²) in [5.41, 5.74) is 1.31. The Morgan fingerprint density at radius 3 is 2.20 bits per heavy atom. The second kappa shape index (κ2) is 13.4. The minimum atomic E-state index is -5.08. The lowest BCUT2D eigenvalue weighted by Gasteiger charge is -2.31. The number of alkyl halides is 6. The first-order valence-electron chi connectivity index (χ1n) is 10.2. The Balaban J connectivity index is 0.000000362. The van der Waals surface area contributed by atoms with E-state index in [2.05, 4.69) is 40.7 Å². The van der Waals surface area contributed by atoms with Crippen LogP contribution in [0.3, 0.4) is 0 Å². The number of carboxylic acid groups (broad SMARTS) is 2. The number of thiophene rings is 1. The van der Waals surface area contributed by atoms with Gasteiger partial charge < -0.3 is 24.6 Å². The highest BCUT2D eigenvalue weighted by Crippen LogP contribution is 2.33. The SMILES string of the molecule is CN(C)CC1COC2(COCCN(Cc3ccsc3)C2)C1.O=C(O)C(F)(F)F.O=C(O)C(F)(F)F. The molecule has 15 heteroatoms. The molecular formula is C20H28F6N2O6S. The van der Waals surface area contributed by atoms with Crippen molar-refractivity contribution in [1.82, 2.24) is 9.80 Å². The lowest BCUT2D eigenvalue weighted by molar-refractivity contribution is -0.193. The first-order valence-corrected chi connectivity index (χ1v) is 11.2. The third-order valence-corrected chi connectivity index (χ3v) is 5.54. The summed E-state index contributed by atoms with van der Waals surface area (Å²) in [5, 5.41) is 18.6. The van der Waals surface area contributed by atoms with Gasteiger partial charge in [0, 0.05) is 26.2 Å². The van der Waals surface area contributed by atoms with Crippen LogP contribution in [-0.4, -0.2) is 103 Å². The minimum absolute atomic E-state index is 0.0901. The van der Waals surface area contributed by atoms with Gasteiger partial charge in [-0.15, -0.1) is 0 Å². The maximum atomic E-state index is 10.6. The molecule has 0 saturated carbocycles. The molecule has 2 N–H and O–H groups in total. The molecule has 0 aromatic carbocycles. The van der Waals surface area contributed by atoms with Gasteiger partial charge in [-0.2, -0.15) is 37.7 Å². The van der Waals surface area contributed by atoms with Crippen molar-refractivity contribution >= 4 is 23.3 Å². The van der Waals surface area contributed by atoms with Gasteiger partial charge in [-0.1, -0.05) is 0 Å². The number of carboxylic acids is 2. The van der Waals surface area contributed by atoms with Gasteiger partial charge in [0.15, 0.2) is 0 Å². The number of aliphatic carboxylic acids is 2. The Labute approximate surface area is 202 Å². The van der Waals surface area contributed by atoms with Crippen molar-refractivity contribution in [3.8, 4) is 0 Å². The fraction of sp³-hybridized carbons (Fsp3) is 0.700. The first-order chi connectivity index (χ1) is 16.0. The number of carbonyl (C=O) groups is 2. The molecule has 2 saturated heterocycles. The third kappa shape index (κ3) is 12.0. The summed E-state index contributed by atoms with van der Waals surface area (Å²) < 4.78 is 75.6. The summed E-state index contributed by atoms with van der Waals surface area (Å²) in [6.07, 6.45) is -9.05. The summed E-state index contributed by atoms with van der Waals surface area (Å²) in [6, 6.07) is 2.22. The summed E-state index contributed by atoms with van der Waals surface area (Å²) in [6.45, 7) is 6.53. The van der Waals surface area contributed by atoms with Gasteiger partial charge in [-0.3, -0.25) is 4.90 Å². The minimum Gasteiger partial charge on any atom is -0.475 e. The van der Waals surface area contributed by atoms with Crippen LogP contribution >= 0.6 is 11.3 Å². The van der Waals surface area contributed by atoms with E-state index in [0.717, 1.165) is 52.4 Å². The van der Waals surface area contributed by atoms with Crippen LogP contribution in [0, 0.1) is 5.92 Å². The Kier molecular flexibility index (Phi) is 11.9. The average molecular weight is 539 g/mol. The highest BCUT2D eigenvalue weighted by Gasteiger charge is 2.43. The van der Waals surface area contributed by atoms with Gasteiger partial charge in [0.05, 0.1) is 19.8 Å². The van der Waals surface area contributed by atoms with Crippen molar-refractivity contribution in [1.29, 1.82) is 0 Å². The molecule has 0 amide bonds. The third-order valence-electron chi connectivity index (χ3n) is 4.81. The van der Waals surface area contributed by atoms with Crippen molar-refractivity contribution in [3.63, 3.8) is 0 Å². The Bertz CT molecular complexity index is 766. The summed E-state index contributed by atoms with van der Waals surface area (Å²) in [5.74, 6) is -4.88. The standard InChI is InChI=1S/C16H26N2O2S.2C2HF3O2/c1-17(2)8-15-7-16(20-10-15)12-18(4-5-19-13-16)9-14-3-6-21-11-14;2*3-2(4,5)1(6)7/h3,6,11,15H,4-5,7-10,12-13H2,1-2H3;2*(H,6,7). The topological polar surface area (TPSA) is 99.5 Å². The maximum absolute atomic E-state index is 10.6. The summed E-state index contributed by atoms with van der Waals surface area (Å²) >= 11 is 1.77. The quantitative estimate of drug-likeness (QED) is 0.565. The van der Waals surface area contributed by atoms with Crippen molar-refractivity contribution in [2.24, 2.45) is 5.92 Å². The van der Waals surface area contributed by atoms with E-state index in [9.17, 15) is 26.3 Å². The lowest BCUT2D eigenvalue weighted by Crippen LogP contribution is -2.44. The van der Waals surface area contributed by atoms with E-state index in [-0.39, 0.29) is 5.60 Å². The van der Waals surface area contributed by atoms with Gasteiger partial charge >= 0.3 is 24.3 Å². The molecule has 0 bridgehead atoms. The number of halogens is 6. The van der Waals surface area contributed by atoms with Crippen LogP contribution in [0.4, 0.5) is 26.3 Å². The highest BCUT2D eigenvalue weighted by atomic mass is 32.1. The summed E-state index contributed by atoms with van der Waals surface area (Å²) in [4.78, 5) is 22.5. The summed E-state index contributed by atoms with van der Waals surface area (Å²) in [7, 11) is 4.27. The lowest BCUT2D eigenvalue weighted by atomic mass is 9.94. The van der Waals surface area contributed by atoms with Gasteiger partial charge in [0.1, 0.15) is 5.60 Å². The van der Waals surface area contributed by atoms with Crippen molar-refractivity contribution in [3.05, 3.63) is 22.4 Å². The van der Waals surface area contributed by atoms with Gasteiger partial charge in [0.25, 0.3) is 0 Å². The monoisotopic (exact) mass is 538 g/mol. The van der Waals surface area contributed by atoms with E-state index < -0.39 is 24.3 Å². The molecule has 35 heavy (non-hydrogen) atoms. The van der Waals surface area contributed by atoms with Crippen LogP contribution in [0.25, 0.3) is 0 Å². The van der Waals surface area contributed by atoms with Crippen LogP contribution in [0.2, 0.25) is 0 Å². The Morgan fingerprint density at radius 1 is 1.17 bits per heavy atom. The zero-order valence-corrected chi connectivity index (χ0v) is 19.9. The van der Waals surface area contributed by atoms with Crippen LogP contribution in [-0.2, 0) is 25.6 Å². The molecular weight excluding hydrogens is 510 g/mol. The normalized spacial score (nSPS) is 23.2. The largest absolute Gasteiger partial charge is 0.490 e. The number of rotatable bonds is 4. The number of nitrogens with zero attached hydrogens (tertiary/aromatic N) is 2. The van der Waals surface area contributed by atoms with Crippen LogP contribution in [0.15, 0.2) is 16.8 Å². The van der Waals surface area contributed by atoms with Crippen molar-refractivity contribution < 1.29 is 55.6 Å². The molecule has 2 fully saturated rings. The molecule has 3 rings (SSSR count). The van der Waals surface area contributed by atoms with E-state index in [1.54, 1.807) is 11.3 Å². The van der Waals surface area contributed by atoms with Crippen LogP contribution in [0.5, 0.6) is 0 Å². The van der Waals surface area contributed by atoms with Crippen LogP contribution in [0.1, 0.15) is 12.0 Å². The molecule has 2 atom stereocenters. The van der Waals surface area contributed by atoms with Gasteiger partial charge in [-0.05, 0) is 48.8 Å². The van der Waals surface area contributed by atoms with E-state index in [0.29, 0.717) is 5.92 Å². The molecule has 0 radical (unpaired) electrons. The molecule has 1 aromatic rings. The zero-order chi connectivity index (χ0) is 26.9. The fourth-order valence-corrected chi connectivity index (χ4v) is 4.20. The van der Waals surface area contributed by atoms with Crippen LogP contribution < -0.4 is 0 Å². The average Bonchev–Trinajstić information content (AvgIpc) is 3.29. The second-order valence-corrected chi connectivity index (χ2v) is 9.11. The van der Waals surface area contributed by atoms with E-state index >= 15 is 0 Å². The zero-order valence-electron chi connectivity index (χ0n) is 19.1. The molecule has 0 aliphatic carbocycles. The smallest absolute Gasteiger partial charge is 0.475 e. The maximum Gasteiger partial charge on any atom is 0.490 e. The first kappa shape index (κ1) is 31.1. The molecule has 2 aliphatic heterocycles. The molecule has 8 nitrogen and oxygen atoms in total. The molecule has 1 spiro atoms. The molecule has 3 heterocycles. The molecule has 202 valence electrons. The van der Waals surface area contributed by atoms with Gasteiger partial charge in [0.2, 0.25) is 0 Å².